The van der Waals surface area contributed by atoms with Crippen molar-refractivity contribution >= 4 is 5.91 Å². The highest BCUT2D eigenvalue weighted by Gasteiger charge is 2.30. The van der Waals surface area contributed by atoms with Crippen molar-refractivity contribution in [2.75, 3.05) is 26.3 Å². The van der Waals surface area contributed by atoms with Crippen molar-refractivity contribution in [1.29, 1.82) is 0 Å². The minimum atomic E-state index is 0.256. The quantitative estimate of drug-likeness (QED) is 0.780. The van der Waals surface area contributed by atoms with Gasteiger partial charge in [-0.05, 0) is 44.7 Å². The van der Waals surface area contributed by atoms with Gasteiger partial charge in [0, 0.05) is 31.6 Å². The van der Waals surface area contributed by atoms with E-state index in [1.807, 2.05) is 36.1 Å². The van der Waals surface area contributed by atoms with Crippen molar-refractivity contribution in [1.82, 2.24) is 10.2 Å². The first kappa shape index (κ1) is 17.1. The number of para-hydroxylation sites is 2. The van der Waals surface area contributed by atoms with Gasteiger partial charge in [0.15, 0.2) is 11.5 Å². The zero-order valence-electron chi connectivity index (χ0n) is 14.5. The summed E-state index contributed by atoms with van der Waals surface area (Å²) in [6.45, 7) is 4.86. The molecule has 132 valence electrons. The van der Waals surface area contributed by atoms with E-state index in [1.165, 1.54) is 12.8 Å². The molecule has 3 rings (SSSR count). The number of nitrogens with one attached hydrogen (secondary N) is 1. The van der Waals surface area contributed by atoms with Crippen molar-refractivity contribution in [2.45, 2.75) is 51.1 Å². The largest absolute Gasteiger partial charge is 0.490 e. The fraction of sp³-hybridized carbons (Fsp3) is 0.632. The monoisotopic (exact) mass is 332 g/mol. The van der Waals surface area contributed by atoms with Crippen LogP contribution in [0.3, 0.4) is 0 Å². The number of nitrogens with zero attached hydrogens (tertiary/aromatic N) is 1. The number of rotatable bonds is 7. The Bertz CT molecular complexity index is 549. The maximum Gasteiger partial charge on any atom is 0.222 e. The molecule has 2 aliphatic heterocycles. The second-order valence-electron chi connectivity index (χ2n) is 6.60. The lowest BCUT2D eigenvalue weighted by Gasteiger charge is -2.24. The van der Waals surface area contributed by atoms with Gasteiger partial charge in [0.1, 0.15) is 0 Å². The van der Waals surface area contributed by atoms with Crippen LogP contribution in [-0.2, 0) is 4.79 Å². The van der Waals surface area contributed by atoms with Crippen molar-refractivity contribution in [3.8, 4) is 11.5 Å². The number of benzene rings is 1. The molecule has 2 fully saturated rings. The normalized spacial score (nSPS) is 23.0. The van der Waals surface area contributed by atoms with Gasteiger partial charge in [-0.15, -0.1) is 0 Å². The lowest BCUT2D eigenvalue weighted by Crippen LogP contribution is -2.39. The van der Waals surface area contributed by atoms with Crippen LogP contribution < -0.4 is 14.8 Å². The maximum atomic E-state index is 12.4. The van der Waals surface area contributed by atoms with E-state index in [2.05, 4.69) is 5.32 Å². The van der Waals surface area contributed by atoms with E-state index in [1.54, 1.807) is 0 Å². The fourth-order valence-corrected chi connectivity index (χ4v) is 3.58. The van der Waals surface area contributed by atoms with Gasteiger partial charge in [0.05, 0.1) is 13.2 Å². The molecule has 2 heterocycles. The van der Waals surface area contributed by atoms with Crippen LogP contribution in [0.1, 0.15) is 39.0 Å². The van der Waals surface area contributed by atoms with Gasteiger partial charge in [0.25, 0.3) is 0 Å². The van der Waals surface area contributed by atoms with Crippen molar-refractivity contribution in [2.24, 2.45) is 0 Å². The highest BCUT2D eigenvalue weighted by atomic mass is 16.5. The molecule has 0 spiro atoms. The number of carbonyl (C=O) groups is 1. The third kappa shape index (κ3) is 4.41. The summed E-state index contributed by atoms with van der Waals surface area (Å²) >= 11 is 0. The summed E-state index contributed by atoms with van der Waals surface area (Å²) in [7, 11) is 0. The second-order valence-corrected chi connectivity index (χ2v) is 6.60. The Morgan fingerprint density at radius 1 is 1.17 bits per heavy atom. The molecule has 0 aliphatic carbocycles. The van der Waals surface area contributed by atoms with Gasteiger partial charge in [-0.25, -0.2) is 0 Å². The molecule has 0 radical (unpaired) electrons. The Kier molecular flexibility index (Phi) is 5.96. The molecule has 2 bridgehead atoms. The maximum absolute atomic E-state index is 12.4. The third-order valence-corrected chi connectivity index (χ3v) is 4.82. The summed E-state index contributed by atoms with van der Waals surface area (Å²) in [5, 5.41) is 3.61. The number of hydrogen-bond donors (Lipinski definition) is 1. The molecule has 2 unspecified atom stereocenters. The molecule has 2 saturated heterocycles. The predicted octanol–water partition coefficient (Wildman–Crippen LogP) is 2.60. The number of ether oxygens (including phenoxy) is 2. The molecule has 5 nitrogen and oxygen atoms in total. The molecule has 1 amide bonds. The molecule has 5 heteroatoms. The van der Waals surface area contributed by atoms with E-state index in [0.717, 1.165) is 37.4 Å². The fourth-order valence-electron chi connectivity index (χ4n) is 3.58. The van der Waals surface area contributed by atoms with Gasteiger partial charge < -0.3 is 19.7 Å². The summed E-state index contributed by atoms with van der Waals surface area (Å²) in [6, 6.07) is 8.79. The van der Waals surface area contributed by atoms with Gasteiger partial charge in [-0.2, -0.15) is 0 Å². The first-order chi connectivity index (χ1) is 11.8. The minimum Gasteiger partial charge on any atom is -0.490 e. The molecule has 2 aliphatic rings. The Morgan fingerprint density at radius 3 is 2.71 bits per heavy atom. The summed E-state index contributed by atoms with van der Waals surface area (Å²) in [5.74, 6) is 1.77. The average Bonchev–Trinajstić information content (AvgIpc) is 2.92. The molecule has 1 aromatic carbocycles. The van der Waals surface area contributed by atoms with Crippen LogP contribution in [-0.4, -0.2) is 49.2 Å². The third-order valence-electron chi connectivity index (χ3n) is 4.82. The van der Waals surface area contributed by atoms with Gasteiger partial charge in [-0.1, -0.05) is 12.1 Å². The van der Waals surface area contributed by atoms with Crippen LogP contribution in [0.15, 0.2) is 24.3 Å². The number of hydrogen-bond acceptors (Lipinski definition) is 4. The van der Waals surface area contributed by atoms with E-state index in [9.17, 15) is 4.79 Å². The van der Waals surface area contributed by atoms with Gasteiger partial charge in [-0.3, -0.25) is 4.79 Å². The Labute approximate surface area is 144 Å². The zero-order chi connectivity index (χ0) is 16.8. The van der Waals surface area contributed by atoms with Crippen LogP contribution in [0.5, 0.6) is 11.5 Å². The lowest BCUT2D eigenvalue weighted by atomic mass is 10.1. The number of likely N-dealkylation sites (tertiary alicyclic amines) is 1. The van der Waals surface area contributed by atoms with Crippen LogP contribution >= 0.6 is 0 Å². The number of carbonyl (C=O) groups excluding carboxylic acids is 1. The zero-order valence-corrected chi connectivity index (χ0v) is 14.5. The topological polar surface area (TPSA) is 50.8 Å². The molecule has 0 aromatic heterocycles. The Hall–Kier alpha value is -1.75. The molecule has 0 saturated carbocycles. The van der Waals surface area contributed by atoms with E-state index >= 15 is 0 Å². The van der Waals surface area contributed by atoms with E-state index in [4.69, 9.17) is 9.47 Å². The highest BCUT2D eigenvalue weighted by molar-refractivity contribution is 5.76. The SMILES string of the molecule is CCOc1ccccc1OCCCC(=O)N1CCC2CCC(C1)N2. The number of fused-ring (bicyclic) bond motifs is 2. The minimum absolute atomic E-state index is 0.256. The predicted molar refractivity (Wildman–Crippen MR) is 93.5 cm³/mol. The molecular formula is C19H28N2O3. The molecule has 1 N–H and O–H groups in total. The van der Waals surface area contributed by atoms with Crippen LogP contribution in [0, 0.1) is 0 Å². The van der Waals surface area contributed by atoms with Crippen LogP contribution in [0.25, 0.3) is 0 Å². The van der Waals surface area contributed by atoms with Crippen molar-refractivity contribution in [3.63, 3.8) is 0 Å². The Balaban J connectivity index is 1.41. The number of amides is 1. The summed E-state index contributed by atoms with van der Waals surface area (Å²) in [6.07, 6.45) is 4.83. The van der Waals surface area contributed by atoms with Crippen molar-refractivity contribution < 1.29 is 14.3 Å². The van der Waals surface area contributed by atoms with Crippen LogP contribution in [0.2, 0.25) is 0 Å². The van der Waals surface area contributed by atoms with E-state index < -0.39 is 0 Å². The standard InChI is InChI=1S/C19H28N2O3/c1-2-23-17-6-3-4-7-18(17)24-13-5-8-19(22)21-12-11-15-9-10-16(14-21)20-15/h3-4,6-7,15-16,20H,2,5,8-14H2,1H3. The molecule has 24 heavy (non-hydrogen) atoms. The van der Waals surface area contributed by atoms with Crippen LogP contribution in [0.4, 0.5) is 0 Å². The van der Waals surface area contributed by atoms with E-state index in [0.29, 0.717) is 31.7 Å². The smallest absolute Gasteiger partial charge is 0.222 e. The molecule has 1 aromatic rings. The average molecular weight is 332 g/mol. The van der Waals surface area contributed by atoms with Gasteiger partial charge in [0.2, 0.25) is 5.91 Å². The summed E-state index contributed by atoms with van der Waals surface area (Å²) in [5.41, 5.74) is 0. The summed E-state index contributed by atoms with van der Waals surface area (Å²) in [4.78, 5) is 14.5. The van der Waals surface area contributed by atoms with E-state index in [-0.39, 0.29) is 5.91 Å². The molecule has 2 atom stereocenters. The first-order valence-electron chi connectivity index (χ1n) is 9.14. The van der Waals surface area contributed by atoms with Crippen molar-refractivity contribution in [3.05, 3.63) is 24.3 Å². The highest BCUT2D eigenvalue weighted by Crippen LogP contribution is 2.26. The summed E-state index contributed by atoms with van der Waals surface area (Å²) < 4.78 is 11.3. The first-order valence-corrected chi connectivity index (χ1v) is 9.14. The Morgan fingerprint density at radius 2 is 1.92 bits per heavy atom. The molecular weight excluding hydrogens is 304 g/mol. The van der Waals surface area contributed by atoms with Gasteiger partial charge >= 0.3 is 0 Å². The second kappa shape index (κ2) is 8.38. The lowest BCUT2D eigenvalue weighted by molar-refractivity contribution is -0.131.